The van der Waals surface area contributed by atoms with Crippen LogP contribution in [0.3, 0.4) is 0 Å². The average molecular weight is 1010 g/mol. The molecule has 0 spiro atoms. The maximum absolute atomic E-state index is 12.6. The van der Waals surface area contributed by atoms with E-state index < -0.39 is 36.9 Å². The molecule has 1 amide bonds. The highest BCUT2D eigenvalue weighted by atomic mass is 16.3. The zero-order valence-corrected chi connectivity index (χ0v) is 48.5. The molecule has 0 aromatic heterocycles. The summed E-state index contributed by atoms with van der Waals surface area (Å²) in [4.78, 5) is 12.6. The van der Waals surface area contributed by atoms with Crippen molar-refractivity contribution in [2.24, 2.45) is 0 Å². The average Bonchev–Trinajstić information content (AvgIpc) is 3.38. The minimum Gasteiger partial charge on any atom is -0.394 e. The lowest BCUT2D eigenvalue weighted by Gasteiger charge is -2.27. The van der Waals surface area contributed by atoms with E-state index in [4.69, 9.17) is 0 Å². The fourth-order valence-corrected chi connectivity index (χ4v) is 10.9. The summed E-state index contributed by atoms with van der Waals surface area (Å²) in [6, 6.07) is -0.982. The molecule has 0 heterocycles. The van der Waals surface area contributed by atoms with Crippen LogP contribution in [0.25, 0.3) is 0 Å². The second-order valence-electron chi connectivity index (χ2n) is 23.2. The molecule has 0 bridgehead atoms. The van der Waals surface area contributed by atoms with Crippen molar-refractivity contribution in [1.29, 1.82) is 0 Å². The molecular formula is C65H131NO5. The highest BCUT2D eigenvalue weighted by Gasteiger charge is 2.28. The number of hydrogen-bond acceptors (Lipinski definition) is 5. The lowest BCUT2D eigenvalue weighted by atomic mass is 9.99. The molecule has 0 aliphatic rings. The molecular weight excluding hydrogens is 875 g/mol. The first-order chi connectivity index (χ1) is 35.0. The fourth-order valence-electron chi connectivity index (χ4n) is 10.9. The van der Waals surface area contributed by atoms with Gasteiger partial charge >= 0.3 is 0 Å². The van der Waals surface area contributed by atoms with Crippen molar-refractivity contribution in [2.45, 2.75) is 404 Å². The number of unbranched alkanes of at least 4 members (excludes halogenated alkanes) is 53. The summed E-state index contributed by atoms with van der Waals surface area (Å²) in [7, 11) is 0. The molecule has 0 saturated carbocycles. The molecule has 0 aliphatic carbocycles. The van der Waals surface area contributed by atoms with Crippen LogP contribution >= 0.6 is 0 Å². The molecule has 0 rings (SSSR count). The molecule has 0 fully saturated rings. The monoisotopic (exact) mass is 1010 g/mol. The van der Waals surface area contributed by atoms with Gasteiger partial charge in [-0.05, 0) is 12.8 Å². The molecule has 71 heavy (non-hydrogen) atoms. The Morgan fingerprint density at radius 3 is 0.676 bits per heavy atom. The van der Waals surface area contributed by atoms with E-state index in [2.05, 4.69) is 19.2 Å². The first-order valence-electron chi connectivity index (χ1n) is 32.9. The Morgan fingerprint density at radius 1 is 0.296 bits per heavy atom. The number of rotatable bonds is 62. The standard InChI is InChI=1S/C65H131NO5/c1-3-5-7-9-11-13-15-17-19-21-23-25-27-28-29-30-31-32-33-34-35-37-39-41-43-45-47-49-51-53-55-57-59-63(69)65(71)66-61(60-67)64(70)62(68)58-56-54-52-50-48-46-44-42-40-38-36-26-24-22-20-18-16-14-12-10-8-6-4-2/h61-64,67-70H,3-60H2,1-2H3,(H,66,71). The van der Waals surface area contributed by atoms with Crippen LogP contribution in [-0.2, 0) is 4.79 Å². The molecule has 0 aromatic carbocycles. The van der Waals surface area contributed by atoms with Gasteiger partial charge in [0.2, 0.25) is 5.91 Å². The summed E-state index contributed by atoms with van der Waals surface area (Å²) in [5.41, 5.74) is 0. The van der Waals surface area contributed by atoms with Crippen molar-refractivity contribution < 1.29 is 25.2 Å². The van der Waals surface area contributed by atoms with E-state index in [9.17, 15) is 25.2 Å². The maximum Gasteiger partial charge on any atom is 0.249 e. The van der Waals surface area contributed by atoms with Gasteiger partial charge in [0.25, 0.3) is 0 Å². The lowest BCUT2D eigenvalue weighted by Crippen LogP contribution is -2.53. The van der Waals surface area contributed by atoms with Crippen LogP contribution in [0, 0.1) is 0 Å². The number of nitrogens with one attached hydrogen (secondary N) is 1. The normalized spacial score (nSPS) is 13.5. The van der Waals surface area contributed by atoms with Gasteiger partial charge in [-0.2, -0.15) is 0 Å². The van der Waals surface area contributed by atoms with Gasteiger partial charge in [-0.25, -0.2) is 0 Å². The number of amides is 1. The Hall–Kier alpha value is -0.690. The van der Waals surface area contributed by atoms with E-state index in [1.165, 1.54) is 315 Å². The predicted molar refractivity (Wildman–Crippen MR) is 312 cm³/mol. The number of aliphatic hydroxyl groups is 4. The number of aliphatic hydroxyl groups excluding tert-OH is 4. The SMILES string of the molecule is CCCCCCCCCCCCCCCCCCCCCCCCCCCCCCCCCCC(O)C(=O)NC(CO)C(O)C(O)CCCCCCCCCCCCCCCCCCCCCCCCC. The van der Waals surface area contributed by atoms with Crippen molar-refractivity contribution in [3.05, 3.63) is 0 Å². The fraction of sp³-hybridized carbons (Fsp3) is 0.985. The van der Waals surface area contributed by atoms with E-state index in [1.54, 1.807) is 0 Å². The molecule has 6 nitrogen and oxygen atoms in total. The molecule has 0 saturated heterocycles. The summed E-state index contributed by atoms with van der Waals surface area (Å²) < 4.78 is 0. The molecule has 0 aromatic rings. The Morgan fingerprint density at radius 2 is 0.479 bits per heavy atom. The van der Waals surface area contributed by atoms with Crippen LogP contribution in [-0.4, -0.2) is 57.3 Å². The van der Waals surface area contributed by atoms with Crippen molar-refractivity contribution in [2.75, 3.05) is 6.61 Å². The topological polar surface area (TPSA) is 110 Å². The van der Waals surface area contributed by atoms with Gasteiger partial charge in [-0.15, -0.1) is 0 Å². The van der Waals surface area contributed by atoms with E-state index in [0.717, 1.165) is 38.5 Å². The van der Waals surface area contributed by atoms with Gasteiger partial charge in [0.05, 0.1) is 18.8 Å². The Balaban J connectivity index is 3.51. The van der Waals surface area contributed by atoms with E-state index in [1.807, 2.05) is 0 Å². The van der Waals surface area contributed by atoms with Gasteiger partial charge in [-0.3, -0.25) is 4.79 Å². The zero-order valence-electron chi connectivity index (χ0n) is 48.5. The van der Waals surface area contributed by atoms with Gasteiger partial charge in [-0.1, -0.05) is 367 Å². The number of carbonyl (C=O) groups excluding carboxylic acids is 1. The quantitative estimate of drug-likeness (QED) is 0.0390. The van der Waals surface area contributed by atoms with Gasteiger partial charge in [0.1, 0.15) is 12.2 Å². The first-order valence-corrected chi connectivity index (χ1v) is 32.9. The summed E-state index contributed by atoms with van der Waals surface area (Å²) in [5, 5.41) is 44.2. The van der Waals surface area contributed by atoms with E-state index >= 15 is 0 Å². The number of carbonyl (C=O) groups is 1. The Bertz CT molecular complexity index is 995. The van der Waals surface area contributed by atoms with Crippen molar-refractivity contribution >= 4 is 5.91 Å². The van der Waals surface area contributed by atoms with Crippen LogP contribution in [0.2, 0.25) is 0 Å². The maximum atomic E-state index is 12.6. The molecule has 4 unspecified atom stereocenters. The van der Waals surface area contributed by atoms with Gasteiger partial charge in [0, 0.05) is 0 Å². The third kappa shape index (κ3) is 53.9. The van der Waals surface area contributed by atoms with Crippen molar-refractivity contribution in [1.82, 2.24) is 5.32 Å². The summed E-state index contributed by atoms with van der Waals surface area (Å²) in [6.45, 7) is 4.11. The van der Waals surface area contributed by atoms with E-state index in [-0.39, 0.29) is 0 Å². The molecule has 4 atom stereocenters. The Kier molecular flexibility index (Phi) is 59.6. The van der Waals surface area contributed by atoms with Crippen LogP contribution in [0.5, 0.6) is 0 Å². The highest BCUT2D eigenvalue weighted by molar-refractivity contribution is 5.80. The molecule has 0 aliphatic heterocycles. The van der Waals surface area contributed by atoms with E-state index in [0.29, 0.717) is 12.8 Å². The summed E-state index contributed by atoms with van der Waals surface area (Å²) >= 11 is 0. The predicted octanol–water partition coefficient (Wildman–Crippen LogP) is 19.8. The second-order valence-corrected chi connectivity index (χ2v) is 23.2. The molecule has 0 radical (unpaired) electrons. The highest BCUT2D eigenvalue weighted by Crippen LogP contribution is 2.20. The van der Waals surface area contributed by atoms with Crippen molar-refractivity contribution in [3.63, 3.8) is 0 Å². The van der Waals surface area contributed by atoms with Crippen molar-refractivity contribution in [3.8, 4) is 0 Å². The van der Waals surface area contributed by atoms with Crippen LogP contribution in [0.1, 0.15) is 380 Å². The summed E-state index contributed by atoms with van der Waals surface area (Å²) in [6.07, 6.45) is 72.1. The zero-order chi connectivity index (χ0) is 51.6. The molecule has 6 heteroatoms. The minimum absolute atomic E-state index is 0.377. The van der Waals surface area contributed by atoms with Crippen LogP contribution in [0.15, 0.2) is 0 Å². The second kappa shape index (κ2) is 60.2. The minimum atomic E-state index is -1.26. The third-order valence-corrected chi connectivity index (χ3v) is 16.1. The number of hydrogen-bond donors (Lipinski definition) is 5. The van der Waals surface area contributed by atoms with Crippen LogP contribution in [0.4, 0.5) is 0 Å². The third-order valence-electron chi connectivity index (χ3n) is 16.1. The molecule has 5 N–H and O–H groups in total. The lowest BCUT2D eigenvalue weighted by molar-refractivity contribution is -0.132. The van der Waals surface area contributed by atoms with Crippen LogP contribution < -0.4 is 5.32 Å². The summed E-state index contributed by atoms with van der Waals surface area (Å²) in [5.74, 6) is -0.573. The van der Waals surface area contributed by atoms with Gasteiger partial charge in [0.15, 0.2) is 0 Å². The van der Waals surface area contributed by atoms with Gasteiger partial charge < -0.3 is 25.7 Å². The molecule has 426 valence electrons. The Labute approximate surface area is 445 Å². The smallest absolute Gasteiger partial charge is 0.249 e. The first kappa shape index (κ1) is 70.3. The largest absolute Gasteiger partial charge is 0.394 e.